The number of ether oxygens (including phenoxy) is 2. The van der Waals surface area contributed by atoms with E-state index < -0.39 is 10.0 Å². The summed E-state index contributed by atoms with van der Waals surface area (Å²) in [7, 11) is -0.685. The Hall–Kier alpha value is -2.00. The van der Waals surface area contributed by atoms with Crippen LogP contribution in [0.15, 0.2) is 12.1 Å². The Kier molecular flexibility index (Phi) is 5.32. The smallest absolute Gasteiger partial charge is 0.254 e. The lowest BCUT2D eigenvalue weighted by atomic mass is 10.1. The molecule has 0 aliphatic carbocycles. The number of methoxy groups -OCH3 is 2. The quantitative estimate of drug-likeness (QED) is 0.788. The molecule has 128 valence electrons. The van der Waals surface area contributed by atoms with Gasteiger partial charge >= 0.3 is 0 Å². The van der Waals surface area contributed by atoms with Crippen molar-refractivity contribution in [3.8, 4) is 11.5 Å². The van der Waals surface area contributed by atoms with E-state index in [4.69, 9.17) is 9.47 Å². The highest BCUT2D eigenvalue weighted by Crippen LogP contribution is 2.37. The van der Waals surface area contributed by atoms with Crippen LogP contribution in [0.25, 0.3) is 0 Å². The molecule has 8 nitrogen and oxygen atoms in total. The van der Waals surface area contributed by atoms with Crippen LogP contribution in [0.4, 0.5) is 5.69 Å². The Morgan fingerprint density at radius 1 is 1.22 bits per heavy atom. The molecule has 1 amide bonds. The van der Waals surface area contributed by atoms with E-state index in [9.17, 15) is 13.2 Å². The molecule has 2 rings (SSSR count). The number of amides is 1. The molecule has 1 aliphatic rings. The van der Waals surface area contributed by atoms with Gasteiger partial charge in [0.15, 0.2) is 11.5 Å². The Morgan fingerprint density at radius 2 is 1.87 bits per heavy atom. The fraction of sp³-hybridized carbons (Fsp3) is 0.500. The van der Waals surface area contributed by atoms with Crippen LogP contribution in [-0.4, -0.2) is 65.9 Å². The van der Waals surface area contributed by atoms with Gasteiger partial charge in [-0.1, -0.05) is 0 Å². The third-order valence-electron chi connectivity index (χ3n) is 3.43. The number of carbonyl (C=O) groups is 1. The minimum atomic E-state index is -3.52. The van der Waals surface area contributed by atoms with Crippen molar-refractivity contribution in [2.75, 3.05) is 51.4 Å². The summed E-state index contributed by atoms with van der Waals surface area (Å²) in [5, 5.41) is 3.17. The molecular formula is C14H21N3O5S. The first-order valence-electron chi connectivity index (χ1n) is 7.09. The zero-order chi connectivity index (χ0) is 17.0. The first-order valence-corrected chi connectivity index (χ1v) is 8.98. The molecule has 9 heteroatoms. The summed E-state index contributed by atoms with van der Waals surface area (Å²) in [6.07, 6.45) is 1.03. The summed E-state index contributed by atoms with van der Waals surface area (Å²) < 4.78 is 35.9. The van der Waals surface area contributed by atoms with Crippen LogP contribution in [0, 0.1) is 0 Å². The molecule has 1 fully saturated rings. The fourth-order valence-corrected chi connectivity index (χ4v) is 2.97. The Bertz CT molecular complexity index is 684. The second-order valence-corrected chi connectivity index (χ2v) is 6.92. The largest absolute Gasteiger partial charge is 0.493 e. The van der Waals surface area contributed by atoms with Gasteiger partial charge in [-0.2, -0.15) is 0 Å². The van der Waals surface area contributed by atoms with Gasteiger partial charge in [0.2, 0.25) is 10.0 Å². The third-order valence-corrected chi connectivity index (χ3v) is 4.02. The minimum Gasteiger partial charge on any atom is -0.493 e. The zero-order valence-electron chi connectivity index (χ0n) is 13.4. The molecule has 0 saturated carbocycles. The van der Waals surface area contributed by atoms with E-state index in [0.29, 0.717) is 24.4 Å². The maximum absolute atomic E-state index is 12.6. The topological polar surface area (TPSA) is 97.0 Å². The van der Waals surface area contributed by atoms with Crippen LogP contribution in [-0.2, 0) is 10.0 Å². The molecule has 1 aromatic carbocycles. The van der Waals surface area contributed by atoms with Gasteiger partial charge in [-0.15, -0.1) is 0 Å². The van der Waals surface area contributed by atoms with Crippen LogP contribution in [0.5, 0.6) is 11.5 Å². The summed E-state index contributed by atoms with van der Waals surface area (Å²) in [4.78, 5) is 14.3. The number of nitrogens with zero attached hydrogens (tertiary/aromatic N) is 1. The fourth-order valence-electron chi connectivity index (χ4n) is 2.41. The standard InChI is InChI=1S/C14H21N3O5S/c1-21-12-9-10(14(18)17-6-4-15-5-7-17)8-11(13(12)22-2)16-23(3,19)20/h8-9,15-16H,4-7H2,1-3H3. The number of carbonyl (C=O) groups excluding carboxylic acids is 1. The molecule has 1 saturated heterocycles. The van der Waals surface area contributed by atoms with Crippen LogP contribution < -0.4 is 19.5 Å². The molecule has 23 heavy (non-hydrogen) atoms. The third kappa shape index (κ3) is 4.26. The number of nitrogens with one attached hydrogen (secondary N) is 2. The van der Waals surface area contributed by atoms with E-state index in [-0.39, 0.29) is 17.3 Å². The van der Waals surface area contributed by atoms with Gasteiger partial charge in [-0.3, -0.25) is 9.52 Å². The summed E-state index contributed by atoms with van der Waals surface area (Å²) in [6, 6.07) is 3.02. The van der Waals surface area contributed by atoms with Crippen molar-refractivity contribution in [3.63, 3.8) is 0 Å². The molecule has 0 unspecified atom stereocenters. The van der Waals surface area contributed by atoms with Gasteiger partial charge in [0.25, 0.3) is 5.91 Å². The lowest BCUT2D eigenvalue weighted by Gasteiger charge is -2.28. The minimum absolute atomic E-state index is 0.174. The number of hydrogen-bond acceptors (Lipinski definition) is 6. The molecule has 1 aromatic rings. The number of sulfonamides is 1. The van der Waals surface area contributed by atoms with E-state index in [0.717, 1.165) is 19.3 Å². The molecule has 0 radical (unpaired) electrons. The highest BCUT2D eigenvalue weighted by molar-refractivity contribution is 7.92. The molecule has 0 spiro atoms. The van der Waals surface area contributed by atoms with Crippen LogP contribution >= 0.6 is 0 Å². The summed E-state index contributed by atoms with van der Waals surface area (Å²) >= 11 is 0. The number of piperazine rings is 1. The summed E-state index contributed by atoms with van der Waals surface area (Å²) in [6.45, 7) is 2.66. The maximum atomic E-state index is 12.6. The Morgan fingerprint density at radius 3 is 2.39 bits per heavy atom. The van der Waals surface area contributed by atoms with Gasteiger partial charge in [-0.25, -0.2) is 8.42 Å². The number of rotatable bonds is 5. The number of anilines is 1. The monoisotopic (exact) mass is 343 g/mol. The van der Waals surface area contributed by atoms with Gasteiger partial charge in [0.1, 0.15) is 0 Å². The van der Waals surface area contributed by atoms with Crippen molar-refractivity contribution in [1.29, 1.82) is 0 Å². The van der Waals surface area contributed by atoms with E-state index in [2.05, 4.69) is 10.0 Å². The van der Waals surface area contributed by atoms with Gasteiger partial charge in [0.05, 0.1) is 26.2 Å². The predicted octanol–water partition coefficient (Wildman–Crippen LogP) is 0.121. The van der Waals surface area contributed by atoms with Crippen molar-refractivity contribution in [3.05, 3.63) is 17.7 Å². The molecule has 2 N–H and O–H groups in total. The predicted molar refractivity (Wildman–Crippen MR) is 86.8 cm³/mol. The lowest BCUT2D eigenvalue weighted by molar-refractivity contribution is 0.0735. The number of benzene rings is 1. The van der Waals surface area contributed by atoms with Crippen LogP contribution in [0.3, 0.4) is 0 Å². The van der Waals surface area contributed by atoms with Crippen molar-refractivity contribution < 1.29 is 22.7 Å². The van der Waals surface area contributed by atoms with Crippen molar-refractivity contribution >= 4 is 21.6 Å². The van der Waals surface area contributed by atoms with Crippen LogP contribution in [0.2, 0.25) is 0 Å². The van der Waals surface area contributed by atoms with E-state index in [1.165, 1.54) is 20.3 Å². The van der Waals surface area contributed by atoms with E-state index >= 15 is 0 Å². The highest BCUT2D eigenvalue weighted by atomic mass is 32.2. The molecule has 1 aliphatic heterocycles. The maximum Gasteiger partial charge on any atom is 0.254 e. The van der Waals surface area contributed by atoms with Gasteiger partial charge in [-0.05, 0) is 12.1 Å². The van der Waals surface area contributed by atoms with E-state index in [1.54, 1.807) is 11.0 Å². The second kappa shape index (κ2) is 7.05. The zero-order valence-corrected chi connectivity index (χ0v) is 14.2. The Labute approximate surface area is 135 Å². The highest BCUT2D eigenvalue weighted by Gasteiger charge is 2.22. The van der Waals surface area contributed by atoms with Crippen molar-refractivity contribution in [2.24, 2.45) is 0 Å². The second-order valence-electron chi connectivity index (χ2n) is 5.18. The van der Waals surface area contributed by atoms with Gasteiger partial charge < -0.3 is 19.7 Å². The number of hydrogen-bond donors (Lipinski definition) is 2. The average molecular weight is 343 g/mol. The lowest BCUT2D eigenvalue weighted by Crippen LogP contribution is -2.46. The normalized spacial score (nSPS) is 15.2. The van der Waals surface area contributed by atoms with Crippen molar-refractivity contribution in [2.45, 2.75) is 0 Å². The first-order chi connectivity index (χ1) is 10.9. The summed E-state index contributed by atoms with van der Waals surface area (Å²) in [5.41, 5.74) is 0.517. The molecule has 0 bridgehead atoms. The molecule has 0 atom stereocenters. The summed E-state index contributed by atoms with van der Waals surface area (Å²) in [5.74, 6) is 0.346. The van der Waals surface area contributed by atoms with Gasteiger partial charge in [0, 0.05) is 31.7 Å². The van der Waals surface area contributed by atoms with E-state index in [1.807, 2.05) is 0 Å². The first kappa shape index (κ1) is 17.4. The van der Waals surface area contributed by atoms with Crippen molar-refractivity contribution in [1.82, 2.24) is 10.2 Å². The Balaban J connectivity index is 2.43. The molecular weight excluding hydrogens is 322 g/mol. The van der Waals surface area contributed by atoms with Crippen LogP contribution in [0.1, 0.15) is 10.4 Å². The molecule has 0 aromatic heterocycles. The SMILES string of the molecule is COc1cc(C(=O)N2CCNCC2)cc(NS(C)(=O)=O)c1OC. The molecule has 1 heterocycles. The average Bonchev–Trinajstić information content (AvgIpc) is 2.52.